The molecule has 0 aromatic heterocycles. The Bertz CT molecular complexity index is 932. The summed E-state index contributed by atoms with van der Waals surface area (Å²) in [6.07, 6.45) is 0. The number of β-lactam (4-membered cyclic amide) rings is 1. The van der Waals surface area contributed by atoms with Gasteiger partial charge in [-0.3, -0.25) is 24.2 Å². The molecule has 0 radical (unpaired) electrons. The number of methoxy groups -OCH3 is 1. The first kappa shape index (κ1) is 14.5. The molecule has 2 fully saturated rings. The van der Waals surface area contributed by atoms with Gasteiger partial charge in [-0.15, -0.1) is 0 Å². The quantitative estimate of drug-likeness (QED) is 0.230. The predicted octanol–water partition coefficient (Wildman–Crippen LogP) is -0.320. The van der Waals surface area contributed by atoms with Crippen LogP contribution in [-0.4, -0.2) is 68.3 Å². The van der Waals surface area contributed by atoms with Crippen LogP contribution in [0.2, 0.25) is 0 Å². The predicted molar refractivity (Wildman–Crippen MR) is 89.3 cm³/mol. The highest BCUT2D eigenvalue weighted by molar-refractivity contribution is 7.92. The Morgan fingerprint density at radius 3 is 2.42 bits per heavy atom. The Balaban J connectivity index is 1.76. The van der Waals surface area contributed by atoms with E-state index in [4.69, 9.17) is 2.74 Å². The molecule has 4 atom stereocenters. The van der Waals surface area contributed by atoms with Crippen LogP contribution in [0, 0.1) is 0 Å². The molecule has 3 aliphatic rings. The lowest BCUT2D eigenvalue weighted by Crippen LogP contribution is -2.79. The van der Waals surface area contributed by atoms with Gasteiger partial charge in [0.25, 0.3) is 17.7 Å². The summed E-state index contributed by atoms with van der Waals surface area (Å²) >= 11 is -2.36. The molecule has 3 unspecified atom stereocenters. The van der Waals surface area contributed by atoms with Crippen LogP contribution in [0.25, 0.3) is 0 Å². The Kier molecular flexibility index (Phi) is 3.17. The van der Waals surface area contributed by atoms with Gasteiger partial charge in [0, 0.05) is 5.57 Å². The zero-order valence-electron chi connectivity index (χ0n) is 15.5. The first-order valence-electron chi connectivity index (χ1n) is 8.61. The molecule has 1 aromatic rings. The number of imide groups is 1. The average Bonchev–Trinajstić information content (AvgIpc) is 2.92. The maximum atomic E-state index is 12.9. The lowest BCUT2D eigenvalue weighted by Gasteiger charge is -2.53. The van der Waals surface area contributed by atoms with Gasteiger partial charge in [0.05, 0.1) is 21.0 Å². The number of amides is 3. The van der Waals surface area contributed by atoms with Crippen LogP contribution < -0.4 is 0 Å². The number of carbonyl (C=O) groups is 4. The van der Waals surface area contributed by atoms with Crippen LogP contribution >= 0.6 is 0 Å². The van der Waals surface area contributed by atoms with E-state index >= 15 is 0 Å². The lowest BCUT2D eigenvalue weighted by molar-refractivity contribution is -0.164. The average molecular weight is 376 g/mol. The van der Waals surface area contributed by atoms with Crippen molar-refractivity contribution in [2.45, 2.75) is 17.5 Å². The molecular weight excluding hydrogens is 360 g/mol. The first-order chi connectivity index (χ1) is 13.1. The molecular formula is C17H14N2O6S. The third kappa shape index (κ3) is 2.01. The van der Waals surface area contributed by atoms with Crippen LogP contribution in [0.1, 0.15) is 23.5 Å². The minimum absolute atomic E-state index is 0.109. The fraction of sp³-hybridized carbons (Fsp3) is 0.294. The summed E-state index contributed by atoms with van der Waals surface area (Å²) in [5.41, 5.74) is -2.67. The van der Waals surface area contributed by atoms with E-state index in [1.807, 2.05) is 0 Å². The molecule has 0 spiro atoms. The zero-order chi connectivity index (χ0) is 20.5. The fourth-order valence-corrected chi connectivity index (χ4v) is 4.84. The van der Waals surface area contributed by atoms with Crippen molar-refractivity contribution in [1.29, 1.82) is 0 Å². The highest BCUT2D eigenvalue weighted by atomic mass is 32.2. The Labute approximate surface area is 154 Å². The normalized spacial score (nSPS) is 33.2. The number of fused-ring (bicyclic) bond motifs is 2. The van der Waals surface area contributed by atoms with Gasteiger partial charge in [-0.05, 0) is 23.3 Å². The largest absolute Gasteiger partial charge is 0.614 e. The highest BCUT2D eigenvalue weighted by Crippen LogP contribution is 2.41. The number of carbonyl (C=O) groups excluding carboxylic acids is 4. The zero-order valence-corrected chi connectivity index (χ0v) is 14.3. The lowest BCUT2D eigenvalue weighted by atomic mass is 9.97. The number of ether oxygens (including phenoxy) is 1. The van der Waals surface area contributed by atoms with Gasteiger partial charge in [0.15, 0.2) is 12.1 Å². The summed E-state index contributed by atoms with van der Waals surface area (Å²) in [6, 6.07) is 3.05. The number of nitrogens with zero attached hydrogens (tertiary/aromatic N) is 2. The molecule has 9 heteroatoms. The molecule has 26 heavy (non-hydrogen) atoms. The minimum Gasteiger partial charge on any atom is -0.614 e. The van der Waals surface area contributed by atoms with E-state index in [0.717, 1.165) is 12.0 Å². The van der Waals surface area contributed by atoms with Crippen LogP contribution in [0.5, 0.6) is 0 Å². The van der Waals surface area contributed by atoms with Gasteiger partial charge < -0.3 is 9.29 Å². The minimum atomic E-state index is -2.52. The molecule has 4 rings (SSSR count). The van der Waals surface area contributed by atoms with Crippen LogP contribution in [0.15, 0.2) is 36.4 Å². The third-order valence-corrected chi connectivity index (χ3v) is 6.03. The van der Waals surface area contributed by atoms with Gasteiger partial charge in [-0.2, -0.15) is 0 Å². The van der Waals surface area contributed by atoms with E-state index in [9.17, 15) is 23.7 Å². The number of esters is 1. The number of benzene rings is 1. The number of hydrogen-bond acceptors (Lipinski definition) is 6. The SMILES string of the molecule is [2H]C1([2H])C(=C)C(C(=O)OC)N2C(=O)C(N3C(=O)c4ccccc4C3=O)[C@H]2[S+]1[O-]. The number of hydrogen-bond donors (Lipinski definition) is 0. The van der Waals surface area contributed by atoms with Crippen molar-refractivity contribution in [3.05, 3.63) is 47.5 Å². The van der Waals surface area contributed by atoms with Crippen molar-refractivity contribution in [1.82, 2.24) is 9.80 Å². The molecule has 3 heterocycles. The topological polar surface area (TPSA) is 107 Å². The van der Waals surface area contributed by atoms with Gasteiger partial charge >= 0.3 is 5.97 Å². The fourth-order valence-electron chi connectivity index (χ4n) is 3.44. The van der Waals surface area contributed by atoms with Gasteiger partial charge in [0.2, 0.25) is 5.37 Å². The van der Waals surface area contributed by atoms with Crippen molar-refractivity contribution < 1.29 is 31.2 Å². The highest BCUT2D eigenvalue weighted by Gasteiger charge is 2.67. The maximum absolute atomic E-state index is 12.9. The first-order valence-corrected chi connectivity index (χ1v) is 8.82. The van der Waals surface area contributed by atoms with Crippen LogP contribution in [0.4, 0.5) is 0 Å². The summed E-state index contributed by atoms with van der Waals surface area (Å²) in [5, 5.41) is -1.38. The van der Waals surface area contributed by atoms with E-state index in [1.54, 1.807) is 12.1 Å². The third-order valence-electron chi connectivity index (χ3n) is 4.64. The summed E-state index contributed by atoms with van der Waals surface area (Å²) < 4.78 is 33.7. The number of rotatable bonds is 2. The Morgan fingerprint density at radius 2 is 1.88 bits per heavy atom. The summed E-state index contributed by atoms with van der Waals surface area (Å²) in [7, 11) is 1.07. The van der Waals surface area contributed by atoms with Crippen molar-refractivity contribution in [3.63, 3.8) is 0 Å². The summed E-state index contributed by atoms with van der Waals surface area (Å²) in [6.45, 7) is 3.50. The van der Waals surface area contributed by atoms with Gasteiger partial charge in [0.1, 0.15) is 5.70 Å². The molecule has 0 bridgehead atoms. The van der Waals surface area contributed by atoms with Crippen molar-refractivity contribution >= 4 is 34.9 Å². The van der Waals surface area contributed by atoms with Crippen molar-refractivity contribution in [3.8, 4) is 0 Å². The van der Waals surface area contributed by atoms with Crippen molar-refractivity contribution in [2.24, 2.45) is 0 Å². The van der Waals surface area contributed by atoms with E-state index in [0.29, 0.717) is 4.90 Å². The second kappa shape index (κ2) is 5.68. The Hall–Kier alpha value is -2.65. The molecule has 0 aliphatic carbocycles. The van der Waals surface area contributed by atoms with Crippen molar-refractivity contribution in [2.75, 3.05) is 12.8 Å². The summed E-state index contributed by atoms with van der Waals surface area (Å²) in [5.74, 6) is -3.19. The monoisotopic (exact) mass is 376 g/mol. The second-order valence-corrected chi connectivity index (χ2v) is 7.24. The van der Waals surface area contributed by atoms with Crippen LogP contribution in [0.3, 0.4) is 0 Å². The van der Waals surface area contributed by atoms with Crippen LogP contribution in [-0.2, 0) is 25.5 Å². The Morgan fingerprint density at radius 1 is 1.31 bits per heavy atom. The molecule has 3 aliphatic heterocycles. The van der Waals surface area contributed by atoms with E-state index in [2.05, 4.69) is 11.3 Å². The van der Waals surface area contributed by atoms with E-state index in [1.165, 1.54) is 12.1 Å². The van der Waals surface area contributed by atoms with Gasteiger partial charge in [-0.25, -0.2) is 4.79 Å². The molecule has 0 saturated carbocycles. The standard InChI is InChI=1S/C17H14N2O6S/c1-8-7-26(24)16-12(15(22)19(16)11(8)17(23)25-2)18-13(20)9-5-3-4-6-10(9)14(18)21/h3-6,11-12,16H,1,7H2,2H3/t11?,12?,16-,26?/m1/s1/i7D2. The molecule has 3 amide bonds. The van der Waals surface area contributed by atoms with E-state index in [-0.39, 0.29) is 16.7 Å². The smallest absolute Gasteiger partial charge is 0.333 e. The van der Waals surface area contributed by atoms with Gasteiger partial charge in [-0.1, -0.05) is 18.7 Å². The summed E-state index contributed by atoms with van der Waals surface area (Å²) in [4.78, 5) is 52.0. The molecule has 2 saturated heterocycles. The second-order valence-electron chi connectivity index (χ2n) is 5.96. The van der Waals surface area contributed by atoms with E-state index < -0.39 is 58.0 Å². The molecule has 1 aromatic carbocycles. The molecule has 8 nitrogen and oxygen atoms in total. The maximum Gasteiger partial charge on any atom is 0.333 e. The molecule has 0 N–H and O–H groups in total. The molecule has 134 valence electrons.